The van der Waals surface area contributed by atoms with Crippen molar-refractivity contribution >= 4 is 78.5 Å². The van der Waals surface area contributed by atoms with E-state index in [0.717, 1.165) is 71.8 Å². The highest BCUT2D eigenvalue weighted by atomic mass is 35.5. The molecule has 3 aromatic heterocycles. The highest BCUT2D eigenvalue weighted by Crippen LogP contribution is 2.42. The molecule has 14 heteroatoms. The lowest BCUT2D eigenvalue weighted by molar-refractivity contribution is -0.108. The number of nitrogens with zero attached hydrogens (tertiary/aromatic N) is 4. The second-order valence-corrected chi connectivity index (χ2v) is 16.7. The Morgan fingerprint density at radius 2 is 1.91 bits per heavy atom. The zero-order chi connectivity index (χ0) is 39.6. The van der Waals surface area contributed by atoms with Crippen molar-refractivity contribution in [3.05, 3.63) is 79.8 Å². The molecule has 3 N–H and O–H groups in total. The predicted molar refractivity (Wildman–Crippen MR) is 222 cm³/mol. The van der Waals surface area contributed by atoms with E-state index in [9.17, 15) is 10.1 Å². The summed E-state index contributed by atoms with van der Waals surface area (Å²) < 4.78 is 20.0. The normalized spacial score (nSPS) is 21.4. The van der Waals surface area contributed by atoms with E-state index in [-0.39, 0.29) is 6.42 Å². The summed E-state index contributed by atoms with van der Waals surface area (Å²) in [5.41, 5.74) is 5.81. The van der Waals surface area contributed by atoms with E-state index < -0.39 is 11.2 Å². The van der Waals surface area contributed by atoms with Crippen LogP contribution in [0.15, 0.2) is 35.7 Å². The fourth-order valence-electron chi connectivity index (χ4n) is 7.55. The van der Waals surface area contributed by atoms with Gasteiger partial charge in [-0.3, -0.25) is 4.90 Å². The van der Waals surface area contributed by atoms with Crippen LogP contribution in [0.3, 0.4) is 0 Å². The summed E-state index contributed by atoms with van der Waals surface area (Å²) in [5, 5.41) is 24.0. The van der Waals surface area contributed by atoms with Crippen LogP contribution in [0, 0.1) is 42.8 Å². The van der Waals surface area contributed by atoms with E-state index in [1.807, 2.05) is 13.0 Å². The van der Waals surface area contributed by atoms with Crippen molar-refractivity contribution in [3.8, 4) is 17.2 Å². The molecule has 2 saturated carbocycles. The number of hydrogen-bond acceptors (Lipinski definition) is 8. The second kappa shape index (κ2) is 17.5. The highest BCUT2D eigenvalue weighted by Gasteiger charge is 2.35. The molecule has 5 fully saturated rings. The van der Waals surface area contributed by atoms with Gasteiger partial charge >= 0.3 is 0 Å². The van der Waals surface area contributed by atoms with E-state index in [0.29, 0.717) is 67.8 Å². The maximum absolute atomic E-state index is 16.2. The van der Waals surface area contributed by atoms with E-state index in [4.69, 9.17) is 44.0 Å². The Labute approximate surface area is 339 Å². The van der Waals surface area contributed by atoms with Crippen LogP contribution < -0.4 is 5.32 Å². The molecule has 3 aliphatic heterocycles. The SMILES string of the molecule is C1NC2CC1C2.Cc1nc2c(F)c(-c3cccc(Cl)c3Cl)c(CCC#N)cc2c2[nH]c(C3CCC(C)N3C)cc12.O=CC1CC1.[B]C([B])(O)c1nscc1C. The van der Waals surface area contributed by atoms with E-state index in [1.54, 1.807) is 30.5 Å². The average Bonchev–Trinajstić information content (AvgIpc) is 3.64. The van der Waals surface area contributed by atoms with Crippen molar-refractivity contribution < 1.29 is 14.3 Å². The zero-order valence-corrected chi connectivity index (χ0v) is 34.0. The van der Waals surface area contributed by atoms with Gasteiger partial charge in [0.25, 0.3) is 0 Å². The number of aryl methyl sites for hydroxylation is 3. The number of fused-ring (bicyclic) bond motifs is 4. The summed E-state index contributed by atoms with van der Waals surface area (Å²) in [6.07, 6.45) is 9.14. The fourth-order valence-corrected chi connectivity index (χ4v) is 8.66. The van der Waals surface area contributed by atoms with Gasteiger partial charge < -0.3 is 20.2 Å². The lowest BCUT2D eigenvalue weighted by Crippen LogP contribution is -2.27. The van der Waals surface area contributed by atoms with Crippen LogP contribution >= 0.6 is 34.7 Å². The molecule has 284 valence electrons. The number of carbonyl (C=O) groups is 1. The zero-order valence-electron chi connectivity index (χ0n) is 31.6. The van der Waals surface area contributed by atoms with Crippen LogP contribution in [0.1, 0.15) is 86.1 Å². The lowest BCUT2D eigenvalue weighted by atomic mass is 9.63. The summed E-state index contributed by atoms with van der Waals surface area (Å²) in [4.78, 5) is 20.2. The molecule has 2 atom stereocenters. The number of aliphatic hydroxyl groups is 1. The third-order valence-electron chi connectivity index (χ3n) is 11.1. The molecule has 5 aromatic rings. The van der Waals surface area contributed by atoms with Crippen LogP contribution in [0.4, 0.5) is 4.39 Å². The maximum atomic E-state index is 16.2. The number of carbonyl (C=O) groups excluding carboxylic acids is 1. The number of benzene rings is 2. The van der Waals surface area contributed by atoms with Gasteiger partial charge in [-0.15, -0.1) is 0 Å². The number of aromatic nitrogens is 3. The minimum absolute atomic E-state index is 0.263. The monoisotopic (exact) mass is 796 g/mol. The minimum Gasteiger partial charge on any atom is -0.403 e. The molecule has 8 nitrogen and oxygen atoms in total. The number of hydrogen-bond donors (Lipinski definition) is 3. The number of pyridine rings is 1. The quantitative estimate of drug-likeness (QED) is 0.116. The van der Waals surface area contributed by atoms with Gasteiger partial charge in [-0.05, 0) is 126 Å². The van der Waals surface area contributed by atoms with Gasteiger partial charge in [0.15, 0.2) is 5.82 Å². The average molecular weight is 797 g/mol. The number of likely N-dealkylation sites (tertiary alicyclic amines) is 1. The Balaban J connectivity index is 0.000000195. The van der Waals surface area contributed by atoms with Crippen molar-refractivity contribution in [2.75, 3.05) is 13.6 Å². The Morgan fingerprint density at radius 1 is 1.16 bits per heavy atom. The summed E-state index contributed by atoms with van der Waals surface area (Å²) >= 11 is 14.0. The first kappa shape index (κ1) is 41.3. The molecule has 0 spiro atoms. The lowest BCUT2D eigenvalue weighted by Gasteiger charge is -2.22. The Kier molecular flexibility index (Phi) is 13.1. The van der Waals surface area contributed by atoms with Gasteiger partial charge in [0.05, 0.1) is 27.3 Å². The van der Waals surface area contributed by atoms with Crippen LogP contribution in [-0.2, 0) is 16.6 Å². The predicted octanol–water partition coefficient (Wildman–Crippen LogP) is 8.60. The third kappa shape index (κ3) is 9.30. The van der Waals surface area contributed by atoms with Crippen molar-refractivity contribution in [1.82, 2.24) is 24.6 Å². The van der Waals surface area contributed by atoms with E-state index >= 15 is 4.39 Å². The Bertz CT molecular complexity index is 2200. The van der Waals surface area contributed by atoms with Crippen LogP contribution in [0.5, 0.6) is 0 Å². The molecule has 3 saturated heterocycles. The topological polar surface area (TPSA) is 118 Å². The summed E-state index contributed by atoms with van der Waals surface area (Å²) in [7, 11) is 12.5. The molecule has 2 bridgehead atoms. The van der Waals surface area contributed by atoms with Crippen molar-refractivity contribution in [3.63, 3.8) is 0 Å². The first-order valence-electron chi connectivity index (χ1n) is 18.8. The first-order chi connectivity index (χ1) is 26.2. The smallest absolute Gasteiger partial charge is 0.157 e. The fraction of sp³-hybridized carbons (Fsp3) is 0.463. The molecular formula is C41H45B2Cl2FN6O2S. The molecule has 0 amide bonds. The molecule has 5 aliphatic rings. The summed E-state index contributed by atoms with van der Waals surface area (Å²) in [6.45, 7) is 7.26. The number of nitriles is 1. The Morgan fingerprint density at radius 3 is 2.40 bits per heavy atom. The molecule has 6 heterocycles. The maximum Gasteiger partial charge on any atom is 0.157 e. The third-order valence-corrected chi connectivity index (χ3v) is 12.7. The number of aldehydes is 1. The minimum atomic E-state index is -1.79. The molecule has 55 heavy (non-hydrogen) atoms. The van der Waals surface area contributed by atoms with Crippen molar-refractivity contribution in [2.45, 2.75) is 95.7 Å². The van der Waals surface area contributed by atoms with Gasteiger partial charge in [-0.2, -0.15) is 9.64 Å². The van der Waals surface area contributed by atoms with Gasteiger partial charge in [-0.1, -0.05) is 35.3 Å². The van der Waals surface area contributed by atoms with Gasteiger partial charge in [0.1, 0.15) is 27.5 Å². The van der Waals surface area contributed by atoms with Crippen LogP contribution in [0.25, 0.3) is 32.9 Å². The van der Waals surface area contributed by atoms with Crippen molar-refractivity contribution in [1.29, 1.82) is 5.26 Å². The Hall–Kier alpha value is -3.30. The van der Waals surface area contributed by atoms with Crippen LogP contribution in [-0.4, -0.2) is 72.0 Å². The van der Waals surface area contributed by atoms with Crippen molar-refractivity contribution in [2.24, 2.45) is 11.8 Å². The summed E-state index contributed by atoms with van der Waals surface area (Å²) in [5.74, 6) is 1.09. The standard InChI is InChI=1S/C27H25Cl2FN4.C5H5B2NOS.C5H9N.C4H6O/c1-14-9-10-22(34(14)3)21-13-18-15(2)32-27-19(26(18)33-21)12-16(6-5-11-31)23(25(27)30)17-7-4-8-20(28)24(17)29;1-3-2-10-8-4(3)5(6,7)9;1-4-2-5(1)6-3-4;5-3-4-1-2-4/h4,7-8,12-14,22,33H,5-6,9-10H2,1-3H3;2,9H,1H3;4-6H,1-3H2;3-4H,1-2H2. The second-order valence-electron chi connectivity index (χ2n) is 15.3. The number of aromatic amines is 1. The largest absolute Gasteiger partial charge is 0.403 e. The van der Waals surface area contributed by atoms with Gasteiger partial charge in [-0.25, -0.2) is 9.37 Å². The van der Waals surface area contributed by atoms with E-state index in [1.165, 1.54) is 30.9 Å². The summed E-state index contributed by atoms with van der Waals surface area (Å²) in [6, 6.07) is 13.2. The first-order valence-corrected chi connectivity index (χ1v) is 20.4. The highest BCUT2D eigenvalue weighted by molar-refractivity contribution is 7.03. The molecule has 4 radical (unpaired) electrons. The molecular weight excluding hydrogens is 752 g/mol. The van der Waals surface area contributed by atoms with Gasteiger partial charge in [0, 0.05) is 74.5 Å². The number of H-pyrrole nitrogens is 1. The van der Waals surface area contributed by atoms with E-state index in [2.05, 4.69) is 50.7 Å². The molecule has 2 aliphatic carbocycles. The number of rotatable bonds is 6. The van der Waals surface area contributed by atoms with Crippen LogP contribution in [0.2, 0.25) is 10.0 Å². The molecule has 2 aromatic carbocycles. The number of halogens is 3. The molecule has 2 unspecified atom stereocenters. The van der Waals surface area contributed by atoms with Gasteiger partial charge in [0.2, 0.25) is 0 Å². The number of nitrogens with one attached hydrogen (secondary N) is 2. The molecule has 10 rings (SSSR count).